The van der Waals surface area contributed by atoms with Gasteiger partial charge in [-0.25, -0.2) is 4.79 Å². The predicted molar refractivity (Wildman–Crippen MR) is 160 cm³/mol. The van der Waals surface area contributed by atoms with Crippen molar-refractivity contribution in [1.29, 1.82) is 0 Å². The number of aromatic nitrogens is 1. The molecule has 2 aromatic heterocycles. The number of carbonyl (C=O) groups excluding carboxylic acids is 3. The van der Waals surface area contributed by atoms with Gasteiger partial charge in [-0.3, -0.25) is 19.4 Å². The lowest BCUT2D eigenvalue weighted by molar-refractivity contribution is -0.137. The smallest absolute Gasteiger partial charge is 0.323 e. The summed E-state index contributed by atoms with van der Waals surface area (Å²) in [5, 5.41) is 22.1. The fourth-order valence-corrected chi connectivity index (χ4v) is 4.68. The number of rotatable bonds is 11. The SMILES string of the molecule is COc1cc(CC(=O)Nc2ccc(C(CC(=O)O)NC(=O)c3cccs3)nc2)ccc1NC(=O)Nc1ccccc1C. The maximum absolute atomic E-state index is 12.7. The Kier molecular flexibility index (Phi) is 9.85. The van der Waals surface area contributed by atoms with E-state index < -0.39 is 18.0 Å². The van der Waals surface area contributed by atoms with Crippen LogP contribution in [0.5, 0.6) is 5.75 Å². The number of nitrogens with zero attached hydrogens (tertiary/aromatic N) is 1. The summed E-state index contributed by atoms with van der Waals surface area (Å²) < 4.78 is 5.42. The molecular formula is C30H29N5O6S. The molecule has 5 N–H and O–H groups in total. The fraction of sp³-hybridized carbons (Fsp3) is 0.167. The number of amides is 4. The molecule has 1 atom stereocenters. The highest BCUT2D eigenvalue weighted by molar-refractivity contribution is 7.12. The van der Waals surface area contributed by atoms with E-state index in [-0.39, 0.29) is 24.7 Å². The molecule has 12 heteroatoms. The van der Waals surface area contributed by atoms with Gasteiger partial charge in [0.1, 0.15) is 5.75 Å². The van der Waals surface area contributed by atoms with Crippen molar-refractivity contribution in [2.24, 2.45) is 0 Å². The minimum absolute atomic E-state index is 0.0201. The molecule has 0 bridgehead atoms. The molecule has 2 heterocycles. The van der Waals surface area contributed by atoms with Crippen molar-refractivity contribution in [2.75, 3.05) is 23.1 Å². The number of carbonyl (C=O) groups is 4. The minimum atomic E-state index is -1.09. The van der Waals surface area contributed by atoms with Gasteiger partial charge in [-0.1, -0.05) is 30.3 Å². The van der Waals surface area contributed by atoms with Gasteiger partial charge < -0.3 is 31.1 Å². The van der Waals surface area contributed by atoms with Gasteiger partial charge in [0, 0.05) is 5.69 Å². The van der Waals surface area contributed by atoms with Crippen LogP contribution in [0.3, 0.4) is 0 Å². The molecule has 0 saturated heterocycles. The lowest BCUT2D eigenvalue weighted by Gasteiger charge is -2.16. The maximum Gasteiger partial charge on any atom is 0.323 e. The zero-order valence-electron chi connectivity index (χ0n) is 22.8. The summed E-state index contributed by atoms with van der Waals surface area (Å²) in [7, 11) is 1.47. The number of carboxylic acids is 1. The monoisotopic (exact) mass is 587 g/mol. The summed E-state index contributed by atoms with van der Waals surface area (Å²) in [6, 6.07) is 17.7. The number of para-hydroxylation sites is 1. The maximum atomic E-state index is 12.7. The molecule has 1 unspecified atom stereocenters. The molecule has 216 valence electrons. The number of methoxy groups -OCH3 is 1. The van der Waals surface area contributed by atoms with E-state index in [4.69, 9.17) is 4.74 Å². The molecule has 0 fully saturated rings. The van der Waals surface area contributed by atoms with Gasteiger partial charge in [0.2, 0.25) is 5.91 Å². The zero-order valence-corrected chi connectivity index (χ0v) is 23.7. The van der Waals surface area contributed by atoms with Crippen LogP contribution in [0.1, 0.15) is 39.0 Å². The van der Waals surface area contributed by atoms with Gasteiger partial charge in [-0.2, -0.15) is 0 Å². The van der Waals surface area contributed by atoms with Crippen molar-refractivity contribution in [1.82, 2.24) is 10.3 Å². The molecule has 42 heavy (non-hydrogen) atoms. The Morgan fingerprint density at radius 2 is 1.74 bits per heavy atom. The van der Waals surface area contributed by atoms with E-state index in [2.05, 4.69) is 26.3 Å². The van der Waals surface area contributed by atoms with Crippen LogP contribution in [0, 0.1) is 6.92 Å². The number of aryl methyl sites for hydroxylation is 1. The summed E-state index contributed by atoms with van der Waals surface area (Å²) in [6.45, 7) is 1.89. The summed E-state index contributed by atoms with van der Waals surface area (Å²) >= 11 is 1.25. The van der Waals surface area contributed by atoms with Crippen LogP contribution in [-0.2, 0) is 16.0 Å². The quantitative estimate of drug-likeness (QED) is 0.161. The Morgan fingerprint density at radius 3 is 2.40 bits per heavy atom. The summed E-state index contributed by atoms with van der Waals surface area (Å²) in [5.74, 6) is -1.41. The number of urea groups is 1. The average Bonchev–Trinajstić information content (AvgIpc) is 3.50. The van der Waals surface area contributed by atoms with Crippen molar-refractivity contribution in [2.45, 2.75) is 25.8 Å². The molecule has 11 nitrogen and oxygen atoms in total. The van der Waals surface area contributed by atoms with Crippen LogP contribution < -0.4 is 26.0 Å². The number of nitrogens with one attached hydrogen (secondary N) is 4. The van der Waals surface area contributed by atoms with Crippen LogP contribution in [0.25, 0.3) is 0 Å². The molecule has 0 aliphatic heterocycles. The molecule has 0 spiro atoms. The lowest BCUT2D eigenvalue weighted by atomic mass is 10.1. The Morgan fingerprint density at radius 1 is 0.952 bits per heavy atom. The Balaban J connectivity index is 1.36. The number of aliphatic carboxylic acids is 1. The van der Waals surface area contributed by atoms with Crippen molar-refractivity contribution in [3.8, 4) is 5.75 Å². The number of anilines is 3. The first kappa shape index (κ1) is 29.7. The van der Waals surface area contributed by atoms with Gasteiger partial charge in [-0.15, -0.1) is 11.3 Å². The molecule has 4 amide bonds. The van der Waals surface area contributed by atoms with Gasteiger partial charge in [0.25, 0.3) is 5.91 Å². The van der Waals surface area contributed by atoms with Crippen molar-refractivity contribution < 1.29 is 29.0 Å². The Labute approximate surface area is 246 Å². The molecule has 4 rings (SSSR count). The largest absolute Gasteiger partial charge is 0.495 e. The third-order valence-electron chi connectivity index (χ3n) is 6.13. The molecule has 0 saturated carbocycles. The molecule has 0 radical (unpaired) electrons. The average molecular weight is 588 g/mol. The van der Waals surface area contributed by atoms with Crippen LogP contribution >= 0.6 is 11.3 Å². The minimum Gasteiger partial charge on any atom is -0.495 e. The van der Waals surface area contributed by atoms with Gasteiger partial charge in [0.15, 0.2) is 0 Å². The van der Waals surface area contributed by atoms with E-state index in [0.29, 0.717) is 38.9 Å². The normalized spacial score (nSPS) is 11.2. The van der Waals surface area contributed by atoms with Gasteiger partial charge in [-0.05, 0) is 59.8 Å². The highest BCUT2D eigenvalue weighted by Gasteiger charge is 2.21. The van der Waals surface area contributed by atoms with Crippen molar-refractivity contribution >= 4 is 52.2 Å². The first-order valence-electron chi connectivity index (χ1n) is 12.8. The van der Waals surface area contributed by atoms with E-state index in [1.807, 2.05) is 25.1 Å². The molecule has 4 aromatic rings. The van der Waals surface area contributed by atoms with E-state index in [1.54, 1.807) is 53.9 Å². The van der Waals surface area contributed by atoms with E-state index in [1.165, 1.54) is 24.6 Å². The molecule has 0 aliphatic carbocycles. The van der Waals surface area contributed by atoms with E-state index in [0.717, 1.165) is 5.56 Å². The Hall–Kier alpha value is -5.23. The third-order valence-corrected chi connectivity index (χ3v) is 7.00. The molecular weight excluding hydrogens is 558 g/mol. The number of benzene rings is 2. The Bertz CT molecular complexity index is 1570. The van der Waals surface area contributed by atoms with Gasteiger partial charge in [0.05, 0.1) is 54.1 Å². The number of hydrogen-bond donors (Lipinski definition) is 5. The van der Waals surface area contributed by atoms with Crippen LogP contribution in [-0.4, -0.2) is 41.0 Å². The summed E-state index contributed by atoms with van der Waals surface area (Å²) in [4.78, 5) is 53.8. The topological polar surface area (TPSA) is 159 Å². The number of carboxylic acid groups (broad SMARTS) is 1. The highest BCUT2D eigenvalue weighted by Crippen LogP contribution is 2.27. The number of hydrogen-bond acceptors (Lipinski definition) is 7. The van der Waals surface area contributed by atoms with Crippen molar-refractivity contribution in [3.63, 3.8) is 0 Å². The van der Waals surface area contributed by atoms with Crippen LogP contribution in [0.4, 0.5) is 21.9 Å². The first-order valence-corrected chi connectivity index (χ1v) is 13.7. The second kappa shape index (κ2) is 13.9. The summed E-state index contributed by atoms with van der Waals surface area (Å²) in [5.41, 5.74) is 3.45. The van der Waals surface area contributed by atoms with Gasteiger partial charge >= 0.3 is 12.0 Å². The van der Waals surface area contributed by atoms with Crippen LogP contribution in [0.15, 0.2) is 78.3 Å². The molecule has 2 aromatic carbocycles. The first-order chi connectivity index (χ1) is 20.2. The third kappa shape index (κ3) is 8.15. The van der Waals surface area contributed by atoms with E-state index >= 15 is 0 Å². The zero-order chi connectivity index (χ0) is 30.1. The summed E-state index contributed by atoms with van der Waals surface area (Å²) in [6.07, 6.45) is 1.07. The highest BCUT2D eigenvalue weighted by atomic mass is 32.1. The number of pyridine rings is 1. The predicted octanol–water partition coefficient (Wildman–Crippen LogP) is 5.23. The van der Waals surface area contributed by atoms with Crippen LogP contribution in [0.2, 0.25) is 0 Å². The number of thiophene rings is 1. The number of ether oxygens (including phenoxy) is 1. The second-order valence-electron chi connectivity index (χ2n) is 9.23. The second-order valence-corrected chi connectivity index (χ2v) is 10.2. The molecule has 0 aliphatic rings. The van der Waals surface area contributed by atoms with Crippen molar-refractivity contribution in [3.05, 3.63) is 100 Å². The fourth-order valence-electron chi connectivity index (χ4n) is 4.06. The standard InChI is InChI=1S/C30H29N5O6S/c1-18-6-3-4-7-21(18)34-30(40)35-23-11-9-19(14-25(23)41-2)15-27(36)32-20-10-12-22(31-17-20)24(16-28(37)38)33-29(39)26-8-5-13-42-26/h3-14,17,24H,15-16H2,1-2H3,(H,32,36)(H,33,39)(H,37,38)(H2,34,35,40). The van der Waals surface area contributed by atoms with E-state index in [9.17, 15) is 24.3 Å². The lowest BCUT2D eigenvalue weighted by Crippen LogP contribution is -2.30.